The molecule has 0 radical (unpaired) electrons. The molecule has 0 spiro atoms. The molecule has 2 aromatic rings. The second-order valence-corrected chi connectivity index (χ2v) is 3.94. The number of benzene rings is 1. The summed E-state index contributed by atoms with van der Waals surface area (Å²) in [7, 11) is 0. The molecule has 19 heavy (non-hydrogen) atoms. The van der Waals surface area contributed by atoms with Crippen molar-refractivity contribution < 1.29 is 9.53 Å². The van der Waals surface area contributed by atoms with Crippen molar-refractivity contribution in [3.63, 3.8) is 0 Å². The Hall–Kier alpha value is -2.46. The molecule has 0 saturated carbocycles. The van der Waals surface area contributed by atoms with Crippen molar-refractivity contribution in [3.05, 3.63) is 60.9 Å². The van der Waals surface area contributed by atoms with E-state index >= 15 is 0 Å². The van der Waals surface area contributed by atoms with Crippen LogP contribution in [-0.4, -0.2) is 11.0 Å². The van der Waals surface area contributed by atoms with E-state index < -0.39 is 5.97 Å². The molecular weight excluding hydrogens is 240 g/mol. The molecule has 0 atom stereocenters. The van der Waals surface area contributed by atoms with Crippen LogP contribution in [0.25, 0.3) is 11.1 Å². The fraction of sp³-hybridized carbons (Fsp3) is 0.0667. The van der Waals surface area contributed by atoms with Crippen LogP contribution in [0.3, 0.4) is 0 Å². The highest BCUT2D eigenvalue weighted by atomic mass is 16.5. The zero-order valence-electron chi connectivity index (χ0n) is 10.4. The number of pyridine rings is 1. The van der Waals surface area contributed by atoms with Crippen LogP contribution in [0.5, 0.6) is 5.75 Å². The van der Waals surface area contributed by atoms with E-state index in [1.54, 1.807) is 12.3 Å². The van der Waals surface area contributed by atoms with Crippen LogP contribution in [0.1, 0.15) is 5.56 Å². The van der Waals surface area contributed by atoms with Gasteiger partial charge in [0, 0.05) is 24.4 Å². The van der Waals surface area contributed by atoms with Crippen LogP contribution in [-0.2, 0) is 11.3 Å². The van der Waals surface area contributed by atoms with Crippen molar-refractivity contribution in [1.29, 1.82) is 0 Å². The standard InChI is InChI=1S/C15H14N2O2/c1-2-15(18)19-14-7-13(9-17-10-14)12-5-3-11(8-16)4-6-12/h2-7,9-10H,1,8,16H2. The molecule has 1 heterocycles. The average Bonchev–Trinajstić information content (AvgIpc) is 2.47. The van der Waals surface area contributed by atoms with Crippen LogP contribution in [0.15, 0.2) is 55.4 Å². The fourth-order valence-corrected chi connectivity index (χ4v) is 1.62. The lowest BCUT2D eigenvalue weighted by Gasteiger charge is -2.05. The summed E-state index contributed by atoms with van der Waals surface area (Å²) in [5.74, 6) is -0.109. The number of carbonyl (C=O) groups is 1. The number of hydrogen-bond donors (Lipinski definition) is 1. The molecule has 4 heteroatoms. The zero-order chi connectivity index (χ0) is 13.7. The molecule has 0 aliphatic heterocycles. The van der Waals surface area contributed by atoms with E-state index in [0.717, 1.165) is 22.8 Å². The van der Waals surface area contributed by atoms with E-state index in [1.807, 2.05) is 24.3 Å². The highest BCUT2D eigenvalue weighted by Gasteiger charge is 2.04. The second-order valence-electron chi connectivity index (χ2n) is 3.94. The largest absolute Gasteiger partial charge is 0.422 e. The highest BCUT2D eigenvalue weighted by molar-refractivity contribution is 5.83. The summed E-state index contributed by atoms with van der Waals surface area (Å²) < 4.78 is 5.03. The molecule has 0 aliphatic rings. The van der Waals surface area contributed by atoms with Gasteiger partial charge in [0.25, 0.3) is 0 Å². The van der Waals surface area contributed by atoms with Crippen LogP contribution in [0.2, 0.25) is 0 Å². The summed E-state index contributed by atoms with van der Waals surface area (Å²) in [6, 6.07) is 9.58. The Morgan fingerprint density at radius 1 is 1.26 bits per heavy atom. The molecule has 0 bridgehead atoms. The van der Waals surface area contributed by atoms with E-state index in [0.29, 0.717) is 12.3 Å². The summed E-state index contributed by atoms with van der Waals surface area (Å²) in [5, 5.41) is 0. The third kappa shape index (κ3) is 3.26. The van der Waals surface area contributed by atoms with Gasteiger partial charge in [-0.15, -0.1) is 0 Å². The third-order valence-corrected chi connectivity index (χ3v) is 2.62. The Labute approximate surface area is 111 Å². The number of carbonyl (C=O) groups excluding carboxylic acids is 1. The lowest BCUT2D eigenvalue weighted by Crippen LogP contribution is -2.03. The first-order valence-electron chi connectivity index (χ1n) is 5.81. The maximum absolute atomic E-state index is 11.1. The summed E-state index contributed by atoms with van der Waals surface area (Å²) in [5.41, 5.74) is 8.47. The molecule has 0 amide bonds. The molecule has 1 aromatic heterocycles. The van der Waals surface area contributed by atoms with Crippen molar-refractivity contribution in [3.8, 4) is 16.9 Å². The predicted molar refractivity (Wildman–Crippen MR) is 73.4 cm³/mol. The lowest BCUT2D eigenvalue weighted by atomic mass is 10.1. The Bertz CT molecular complexity index is 591. The van der Waals surface area contributed by atoms with Gasteiger partial charge >= 0.3 is 5.97 Å². The SMILES string of the molecule is C=CC(=O)Oc1cncc(-c2ccc(CN)cc2)c1. The number of hydrogen-bond acceptors (Lipinski definition) is 4. The topological polar surface area (TPSA) is 65.2 Å². The van der Waals surface area contributed by atoms with Gasteiger partial charge in [-0.3, -0.25) is 4.98 Å². The van der Waals surface area contributed by atoms with Crippen molar-refractivity contribution in [2.45, 2.75) is 6.54 Å². The maximum atomic E-state index is 11.1. The number of esters is 1. The maximum Gasteiger partial charge on any atom is 0.335 e. The zero-order valence-corrected chi connectivity index (χ0v) is 10.4. The second kappa shape index (κ2) is 5.93. The van der Waals surface area contributed by atoms with Crippen LogP contribution < -0.4 is 10.5 Å². The number of ether oxygens (including phenoxy) is 1. The van der Waals surface area contributed by atoms with E-state index in [1.165, 1.54) is 6.20 Å². The quantitative estimate of drug-likeness (QED) is 0.671. The minimum Gasteiger partial charge on any atom is -0.422 e. The van der Waals surface area contributed by atoms with Crippen LogP contribution >= 0.6 is 0 Å². The Kier molecular flexibility index (Phi) is 4.05. The van der Waals surface area contributed by atoms with Crippen LogP contribution in [0, 0.1) is 0 Å². The molecule has 96 valence electrons. The van der Waals surface area contributed by atoms with E-state index in [4.69, 9.17) is 10.5 Å². The van der Waals surface area contributed by atoms with Gasteiger partial charge in [-0.1, -0.05) is 30.8 Å². The van der Waals surface area contributed by atoms with Gasteiger partial charge in [0.05, 0.1) is 6.20 Å². The number of nitrogens with zero attached hydrogens (tertiary/aromatic N) is 1. The molecule has 0 aliphatic carbocycles. The minimum atomic E-state index is -0.502. The first-order valence-corrected chi connectivity index (χ1v) is 5.81. The minimum absolute atomic E-state index is 0.394. The van der Waals surface area contributed by atoms with Gasteiger partial charge < -0.3 is 10.5 Å². The first kappa shape index (κ1) is 13.0. The van der Waals surface area contributed by atoms with Crippen molar-refractivity contribution in [2.75, 3.05) is 0 Å². The van der Waals surface area contributed by atoms with Gasteiger partial charge in [-0.05, 0) is 17.2 Å². The summed E-state index contributed by atoms with van der Waals surface area (Å²) >= 11 is 0. The Morgan fingerprint density at radius 2 is 2.00 bits per heavy atom. The molecular formula is C15H14N2O2. The summed E-state index contributed by atoms with van der Waals surface area (Å²) in [4.78, 5) is 15.2. The van der Waals surface area contributed by atoms with Gasteiger partial charge in [-0.25, -0.2) is 4.79 Å². The van der Waals surface area contributed by atoms with Crippen molar-refractivity contribution in [2.24, 2.45) is 5.73 Å². The normalized spacial score (nSPS) is 9.95. The summed E-state index contributed by atoms with van der Waals surface area (Å²) in [6.45, 7) is 3.86. The molecule has 0 unspecified atom stereocenters. The summed E-state index contributed by atoms with van der Waals surface area (Å²) in [6.07, 6.45) is 4.31. The predicted octanol–water partition coefficient (Wildman–Crippen LogP) is 2.30. The molecule has 0 saturated heterocycles. The monoisotopic (exact) mass is 254 g/mol. The van der Waals surface area contributed by atoms with Crippen LogP contribution in [0.4, 0.5) is 0 Å². The number of rotatable bonds is 4. The molecule has 2 N–H and O–H groups in total. The van der Waals surface area contributed by atoms with Crippen molar-refractivity contribution in [1.82, 2.24) is 4.98 Å². The van der Waals surface area contributed by atoms with Gasteiger partial charge in [0.15, 0.2) is 0 Å². The van der Waals surface area contributed by atoms with E-state index in [9.17, 15) is 4.79 Å². The molecule has 0 fully saturated rings. The Morgan fingerprint density at radius 3 is 2.63 bits per heavy atom. The molecule has 2 rings (SSSR count). The highest BCUT2D eigenvalue weighted by Crippen LogP contribution is 2.23. The third-order valence-electron chi connectivity index (χ3n) is 2.62. The molecule has 4 nitrogen and oxygen atoms in total. The van der Waals surface area contributed by atoms with E-state index in [2.05, 4.69) is 11.6 Å². The lowest BCUT2D eigenvalue weighted by molar-refractivity contribution is -0.128. The average molecular weight is 254 g/mol. The first-order chi connectivity index (χ1) is 9.22. The number of nitrogens with two attached hydrogens (primary N) is 1. The van der Waals surface area contributed by atoms with E-state index in [-0.39, 0.29) is 0 Å². The van der Waals surface area contributed by atoms with Gasteiger partial charge in [0.2, 0.25) is 0 Å². The number of aromatic nitrogens is 1. The molecule has 1 aromatic carbocycles. The Balaban J connectivity index is 2.26. The fourth-order valence-electron chi connectivity index (χ4n) is 1.62. The van der Waals surface area contributed by atoms with Crippen molar-refractivity contribution >= 4 is 5.97 Å². The smallest absolute Gasteiger partial charge is 0.335 e. The van der Waals surface area contributed by atoms with Gasteiger partial charge in [0.1, 0.15) is 5.75 Å². The van der Waals surface area contributed by atoms with Gasteiger partial charge in [-0.2, -0.15) is 0 Å².